The van der Waals surface area contributed by atoms with E-state index in [0.29, 0.717) is 6.42 Å². The summed E-state index contributed by atoms with van der Waals surface area (Å²) in [5.41, 5.74) is 0. The zero-order valence-electron chi connectivity index (χ0n) is 34.0. The van der Waals surface area contributed by atoms with Gasteiger partial charge in [0.1, 0.15) is 0 Å². The monoisotopic (exact) mass is 718 g/mol. The zero-order valence-corrected chi connectivity index (χ0v) is 34.0. The van der Waals surface area contributed by atoms with Gasteiger partial charge in [-0.05, 0) is 44.9 Å². The largest absolute Gasteiger partial charge is 0.394 e. The number of unbranched alkanes of at least 4 members (excludes halogenated alkanes) is 27. The molecule has 4 N–H and O–H groups in total. The topological polar surface area (TPSA) is 89.8 Å². The Morgan fingerprint density at radius 3 is 1.25 bits per heavy atom. The average molecular weight is 718 g/mol. The van der Waals surface area contributed by atoms with Crippen molar-refractivity contribution in [1.82, 2.24) is 5.32 Å². The Hall–Kier alpha value is -1.43. The van der Waals surface area contributed by atoms with Crippen LogP contribution in [0.3, 0.4) is 0 Å². The number of amides is 1. The highest BCUT2D eigenvalue weighted by Crippen LogP contribution is 2.15. The van der Waals surface area contributed by atoms with Gasteiger partial charge in [0.25, 0.3) is 0 Å². The molecule has 5 nitrogen and oxygen atoms in total. The van der Waals surface area contributed by atoms with Crippen LogP contribution in [0, 0.1) is 0 Å². The molecule has 0 aromatic carbocycles. The maximum Gasteiger partial charge on any atom is 0.222 e. The second-order valence-corrected chi connectivity index (χ2v) is 15.3. The number of nitrogens with one attached hydrogen (secondary N) is 1. The number of allylic oxidation sites excluding steroid dienone is 5. The molecule has 0 aliphatic heterocycles. The summed E-state index contributed by atoms with van der Waals surface area (Å²) < 4.78 is 0. The highest BCUT2D eigenvalue weighted by molar-refractivity contribution is 5.76. The predicted molar refractivity (Wildman–Crippen MR) is 222 cm³/mol. The Morgan fingerprint density at radius 2 is 0.843 bits per heavy atom. The molecule has 0 aromatic rings. The van der Waals surface area contributed by atoms with E-state index in [1.807, 2.05) is 6.08 Å². The van der Waals surface area contributed by atoms with Crippen molar-refractivity contribution in [3.63, 3.8) is 0 Å². The Labute approximate surface area is 317 Å². The van der Waals surface area contributed by atoms with Gasteiger partial charge in [-0.25, -0.2) is 0 Å². The minimum atomic E-state index is -0.957. The normalized spacial score (nSPS) is 13.9. The summed E-state index contributed by atoms with van der Waals surface area (Å²) in [5.74, 6) is -0.328. The van der Waals surface area contributed by atoms with Gasteiger partial charge in [0.05, 0.1) is 31.3 Å². The van der Waals surface area contributed by atoms with Crippen LogP contribution in [0.15, 0.2) is 36.5 Å². The smallest absolute Gasteiger partial charge is 0.222 e. The third kappa shape index (κ3) is 38.1. The number of hydrogen-bond acceptors (Lipinski definition) is 4. The van der Waals surface area contributed by atoms with Crippen molar-refractivity contribution in [3.05, 3.63) is 36.5 Å². The van der Waals surface area contributed by atoms with Crippen molar-refractivity contribution in [2.24, 2.45) is 0 Å². The molecule has 5 heteroatoms. The molecule has 0 saturated heterocycles. The second-order valence-electron chi connectivity index (χ2n) is 15.3. The van der Waals surface area contributed by atoms with Crippen LogP contribution in [0.5, 0.6) is 0 Å². The fourth-order valence-electron chi connectivity index (χ4n) is 6.72. The van der Waals surface area contributed by atoms with E-state index in [1.54, 1.807) is 6.08 Å². The van der Waals surface area contributed by atoms with Gasteiger partial charge in [-0.15, -0.1) is 0 Å². The van der Waals surface area contributed by atoms with Crippen LogP contribution in [-0.2, 0) is 4.79 Å². The van der Waals surface area contributed by atoms with Gasteiger partial charge < -0.3 is 20.6 Å². The van der Waals surface area contributed by atoms with Gasteiger partial charge in [0.2, 0.25) is 5.91 Å². The molecule has 0 saturated carbocycles. The molecule has 0 spiro atoms. The quantitative estimate of drug-likeness (QED) is 0.0375. The number of hydrogen-bond donors (Lipinski definition) is 4. The lowest BCUT2D eigenvalue weighted by atomic mass is 10.0. The summed E-state index contributed by atoms with van der Waals surface area (Å²) in [7, 11) is 0. The van der Waals surface area contributed by atoms with E-state index in [1.165, 1.54) is 161 Å². The predicted octanol–water partition coefficient (Wildman–Crippen LogP) is 12.8. The number of carbonyl (C=O) groups is 1. The molecule has 0 radical (unpaired) electrons. The van der Waals surface area contributed by atoms with Gasteiger partial charge in [-0.2, -0.15) is 0 Å². The number of aliphatic hydroxyl groups excluding tert-OH is 3. The van der Waals surface area contributed by atoms with Crippen LogP contribution in [0.1, 0.15) is 226 Å². The van der Waals surface area contributed by atoms with Crippen molar-refractivity contribution in [2.45, 2.75) is 244 Å². The lowest BCUT2D eigenvalue weighted by Crippen LogP contribution is -2.45. The minimum Gasteiger partial charge on any atom is -0.394 e. The van der Waals surface area contributed by atoms with E-state index >= 15 is 0 Å². The van der Waals surface area contributed by atoms with Crippen LogP contribution in [-0.4, -0.2) is 46.1 Å². The van der Waals surface area contributed by atoms with Gasteiger partial charge >= 0.3 is 0 Å². The summed E-state index contributed by atoms with van der Waals surface area (Å²) in [4.78, 5) is 12.4. The van der Waals surface area contributed by atoms with Crippen molar-refractivity contribution >= 4 is 5.91 Å². The maximum atomic E-state index is 12.4. The molecule has 0 heterocycles. The summed E-state index contributed by atoms with van der Waals surface area (Å²) in [6.07, 6.45) is 51.5. The first kappa shape index (κ1) is 49.6. The first-order valence-corrected chi connectivity index (χ1v) is 22.3. The standard InChI is InChI=1S/C46H87NO4/c1-3-5-7-9-11-13-15-17-19-20-21-22-23-24-25-26-28-30-32-34-36-38-40-45(50)44(42-48)47-46(51)41-43(49)39-37-35-33-31-29-27-18-16-14-12-10-8-6-4-2/h24-25,30,32,38,40,43-45,48-50H,3-23,26-29,31,33-37,39,41-42H2,1-2H3,(H,47,51)/b25-24+,32-30+,40-38+. The zero-order chi connectivity index (χ0) is 37.3. The molecule has 51 heavy (non-hydrogen) atoms. The average Bonchev–Trinajstić information content (AvgIpc) is 3.12. The summed E-state index contributed by atoms with van der Waals surface area (Å²) >= 11 is 0. The molecular formula is C46H87NO4. The number of rotatable bonds is 40. The van der Waals surface area contributed by atoms with Gasteiger partial charge in [0.15, 0.2) is 0 Å². The molecule has 3 unspecified atom stereocenters. The summed E-state index contributed by atoms with van der Waals surface area (Å²) in [6.45, 7) is 4.20. The maximum absolute atomic E-state index is 12.4. The van der Waals surface area contributed by atoms with Crippen molar-refractivity contribution < 1.29 is 20.1 Å². The molecular weight excluding hydrogens is 631 g/mol. The first-order valence-electron chi connectivity index (χ1n) is 22.3. The van der Waals surface area contributed by atoms with Crippen molar-refractivity contribution in [2.75, 3.05) is 6.61 Å². The highest BCUT2D eigenvalue weighted by Gasteiger charge is 2.20. The van der Waals surface area contributed by atoms with Crippen LogP contribution in [0.4, 0.5) is 0 Å². The van der Waals surface area contributed by atoms with Crippen LogP contribution in [0.2, 0.25) is 0 Å². The molecule has 0 aliphatic rings. The Balaban J connectivity index is 3.73. The molecule has 300 valence electrons. The van der Waals surface area contributed by atoms with E-state index in [4.69, 9.17) is 0 Å². The number of aliphatic hydroxyl groups is 3. The molecule has 0 fully saturated rings. The first-order chi connectivity index (χ1) is 25.0. The molecule has 0 rings (SSSR count). The van der Waals surface area contributed by atoms with Crippen molar-refractivity contribution in [1.29, 1.82) is 0 Å². The molecule has 1 amide bonds. The molecule has 3 atom stereocenters. The second kappa shape index (κ2) is 41.3. The third-order valence-electron chi connectivity index (χ3n) is 10.2. The summed E-state index contributed by atoms with van der Waals surface area (Å²) in [5, 5.41) is 33.2. The molecule has 0 aromatic heterocycles. The van der Waals surface area contributed by atoms with E-state index < -0.39 is 18.2 Å². The van der Waals surface area contributed by atoms with Gasteiger partial charge in [-0.1, -0.05) is 211 Å². The molecule has 0 bridgehead atoms. The number of carbonyl (C=O) groups excluding carboxylic acids is 1. The van der Waals surface area contributed by atoms with Gasteiger partial charge in [0, 0.05) is 0 Å². The lowest BCUT2D eigenvalue weighted by molar-refractivity contribution is -0.124. The fraction of sp³-hybridized carbons (Fsp3) is 0.848. The van der Waals surface area contributed by atoms with E-state index in [-0.39, 0.29) is 18.9 Å². The minimum absolute atomic E-state index is 0.00472. The Morgan fingerprint density at radius 1 is 0.490 bits per heavy atom. The van der Waals surface area contributed by atoms with E-state index in [9.17, 15) is 20.1 Å². The Bertz CT molecular complexity index is 794. The van der Waals surface area contributed by atoms with Crippen LogP contribution >= 0.6 is 0 Å². The van der Waals surface area contributed by atoms with Crippen LogP contribution in [0.25, 0.3) is 0 Å². The lowest BCUT2D eigenvalue weighted by Gasteiger charge is -2.21. The fourth-order valence-corrected chi connectivity index (χ4v) is 6.72. The third-order valence-corrected chi connectivity index (χ3v) is 10.2. The molecule has 0 aliphatic carbocycles. The highest BCUT2D eigenvalue weighted by atomic mass is 16.3. The summed E-state index contributed by atoms with van der Waals surface area (Å²) in [6, 6.07) is -0.765. The SMILES string of the molecule is CCCCCCCCCCCCCC/C=C/CC/C=C/CC/C=C/C(O)C(CO)NC(=O)CC(O)CCCCCCCCCCCCCCCC. The van der Waals surface area contributed by atoms with Gasteiger partial charge in [-0.3, -0.25) is 4.79 Å². The van der Waals surface area contributed by atoms with Crippen LogP contribution < -0.4 is 5.32 Å². The van der Waals surface area contributed by atoms with E-state index in [0.717, 1.165) is 38.5 Å². The van der Waals surface area contributed by atoms with Crippen molar-refractivity contribution in [3.8, 4) is 0 Å². The Kier molecular flexibility index (Phi) is 40.2. The van der Waals surface area contributed by atoms with E-state index in [2.05, 4.69) is 43.5 Å².